The summed E-state index contributed by atoms with van der Waals surface area (Å²) in [6.07, 6.45) is 4.01. The van der Waals surface area contributed by atoms with Crippen LogP contribution in [0.15, 0.2) is 18.3 Å². The number of fused-ring (bicyclic) bond motifs is 1. The summed E-state index contributed by atoms with van der Waals surface area (Å²) in [5.41, 5.74) is 0.248. The number of pyridine rings is 1. The molecular weight excluding hydrogens is 230 g/mol. The number of aromatic carboxylic acids is 1. The molecule has 0 aromatic carbocycles. The maximum absolute atomic E-state index is 10.8. The SMILES string of the molecule is O=C(O)c1ccc(N2CCN3CCC[C@@H]3C2)nc1. The van der Waals surface area contributed by atoms with E-state index in [-0.39, 0.29) is 5.56 Å². The molecule has 2 aliphatic rings. The largest absolute Gasteiger partial charge is 0.478 e. The Morgan fingerprint density at radius 3 is 2.94 bits per heavy atom. The number of anilines is 1. The maximum atomic E-state index is 10.8. The summed E-state index contributed by atoms with van der Waals surface area (Å²) in [6.45, 7) is 4.31. The van der Waals surface area contributed by atoms with Crippen LogP contribution in [-0.4, -0.2) is 53.2 Å². The van der Waals surface area contributed by atoms with Gasteiger partial charge >= 0.3 is 5.97 Å². The average Bonchev–Trinajstić information content (AvgIpc) is 2.86. The molecule has 3 heterocycles. The normalized spacial score (nSPS) is 24.0. The predicted octanol–water partition coefficient (Wildman–Crippen LogP) is 1.06. The number of hydrogen-bond acceptors (Lipinski definition) is 4. The zero-order valence-electron chi connectivity index (χ0n) is 10.2. The smallest absolute Gasteiger partial charge is 0.337 e. The van der Waals surface area contributed by atoms with Crippen LogP contribution in [0.2, 0.25) is 0 Å². The summed E-state index contributed by atoms with van der Waals surface area (Å²) in [4.78, 5) is 19.8. The highest BCUT2D eigenvalue weighted by atomic mass is 16.4. The quantitative estimate of drug-likeness (QED) is 0.847. The third-order valence-electron chi connectivity index (χ3n) is 3.91. The number of carboxylic acid groups (broad SMARTS) is 1. The van der Waals surface area contributed by atoms with Crippen molar-refractivity contribution in [2.45, 2.75) is 18.9 Å². The van der Waals surface area contributed by atoms with Gasteiger partial charge in [-0.05, 0) is 31.5 Å². The van der Waals surface area contributed by atoms with Crippen LogP contribution in [0.4, 0.5) is 5.82 Å². The Morgan fingerprint density at radius 2 is 2.22 bits per heavy atom. The van der Waals surface area contributed by atoms with Gasteiger partial charge in [0.25, 0.3) is 0 Å². The molecule has 1 N–H and O–H groups in total. The molecule has 0 saturated carbocycles. The molecule has 0 unspecified atom stereocenters. The van der Waals surface area contributed by atoms with Crippen LogP contribution in [0.1, 0.15) is 23.2 Å². The first kappa shape index (κ1) is 11.5. The summed E-state index contributed by atoms with van der Waals surface area (Å²) in [6, 6.07) is 4.10. The van der Waals surface area contributed by atoms with Crippen molar-refractivity contribution in [2.24, 2.45) is 0 Å². The predicted molar refractivity (Wildman–Crippen MR) is 68.0 cm³/mol. The minimum Gasteiger partial charge on any atom is -0.478 e. The monoisotopic (exact) mass is 247 g/mol. The van der Waals surface area contributed by atoms with Crippen molar-refractivity contribution in [1.82, 2.24) is 9.88 Å². The molecular formula is C13H17N3O2. The van der Waals surface area contributed by atoms with E-state index in [9.17, 15) is 4.79 Å². The van der Waals surface area contributed by atoms with Crippen molar-refractivity contribution in [2.75, 3.05) is 31.1 Å². The zero-order valence-corrected chi connectivity index (χ0v) is 10.2. The van der Waals surface area contributed by atoms with Gasteiger partial charge in [-0.15, -0.1) is 0 Å². The average molecular weight is 247 g/mol. The van der Waals surface area contributed by atoms with E-state index < -0.39 is 5.97 Å². The summed E-state index contributed by atoms with van der Waals surface area (Å²) in [7, 11) is 0. The topological polar surface area (TPSA) is 56.7 Å². The second-order valence-corrected chi connectivity index (χ2v) is 4.99. The van der Waals surface area contributed by atoms with Crippen LogP contribution in [0.3, 0.4) is 0 Å². The molecule has 1 aromatic heterocycles. The van der Waals surface area contributed by atoms with E-state index in [4.69, 9.17) is 5.11 Å². The van der Waals surface area contributed by atoms with Crippen molar-refractivity contribution in [3.8, 4) is 0 Å². The summed E-state index contributed by atoms with van der Waals surface area (Å²) in [5.74, 6) is -0.0267. The van der Waals surface area contributed by atoms with Crippen molar-refractivity contribution >= 4 is 11.8 Å². The zero-order chi connectivity index (χ0) is 12.5. The van der Waals surface area contributed by atoms with Crippen LogP contribution in [0.5, 0.6) is 0 Å². The Morgan fingerprint density at radius 1 is 1.33 bits per heavy atom. The van der Waals surface area contributed by atoms with Gasteiger partial charge in [0, 0.05) is 31.9 Å². The van der Waals surface area contributed by atoms with Gasteiger partial charge in [-0.25, -0.2) is 9.78 Å². The minimum atomic E-state index is -0.922. The molecule has 0 radical (unpaired) electrons. The van der Waals surface area contributed by atoms with Gasteiger partial charge in [0.15, 0.2) is 0 Å². The number of aromatic nitrogens is 1. The lowest BCUT2D eigenvalue weighted by Gasteiger charge is -2.38. The minimum absolute atomic E-state index is 0.248. The van der Waals surface area contributed by atoms with Gasteiger partial charge in [-0.3, -0.25) is 4.90 Å². The molecule has 2 saturated heterocycles. The number of rotatable bonds is 2. The van der Waals surface area contributed by atoms with E-state index >= 15 is 0 Å². The van der Waals surface area contributed by atoms with E-state index in [0.29, 0.717) is 6.04 Å². The summed E-state index contributed by atoms with van der Waals surface area (Å²) in [5, 5.41) is 8.85. The second-order valence-electron chi connectivity index (χ2n) is 4.99. The highest BCUT2D eigenvalue weighted by Gasteiger charge is 2.30. The van der Waals surface area contributed by atoms with Gasteiger partial charge in [0.1, 0.15) is 5.82 Å². The Labute approximate surface area is 106 Å². The first-order valence-corrected chi connectivity index (χ1v) is 6.42. The Hall–Kier alpha value is -1.62. The molecule has 1 aromatic rings. The fourth-order valence-corrected chi connectivity index (χ4v) is 2.90. The maximum Gasteiger partial charge on any atom is 0.337 e. The lowest BCUT2D eigenvalue weighted by Crippen LogP contribution is -2.50. The molecule has 5 nitrogen and oxygen atoms in total. The van der Waals surface area contributed by atoms with Gasteiger partial charge in [0.05, 0.1) is 5.56 Å². The third-order valence-corrected chi connectivity index (χ3v) is 3.91. The number of hydrogen-bond donors (Lipinski definition) is 1. The van der Waals surface area contributed by atoms with E-state index in [2.05, 4.69) is 14.8 Å². The lowest BCUT2D eigenvalue weighted by atomic mass is 10.1. The highest BCUT2D eigenvalue weighted by molar-refractivity contribution is 5.87. The highest BCUT2D eigenvalue weighted by Crippen LogP contribution is 2.24. The van der Waals surface area contributed by atoms with Crippen molar-refractivity contribution in [3.63, 3.8) is 0 Å². The first-order chi connectivity index (χ1) is 8.74. The van der Waals surface area contributed by atoms with E-state index in [0.717, 1.165) is 25.5 Å². The van der Waals surface area contributed by atoms with Crippen molar-refractivity contribution < 1.29 is 9.90 Å². The molecule has 5 heteroatoms. The van der Waals surface area contributed by atoms with Crippen molar-refractivity contribution in [1.29, 1.82) is 0 Å². The Kier molecular flexibility index (Phi) is 2.91. The van der Waals surface area contributed by atoms with Crippen molar-refractivity contribution in [3.05, 3.63) is 23.9 Å². The van der Waals surface area contributed by atoms with Gasteiger partial charge in [-0.2, -0.15) is 0 Å². The van der Waals surface area contributed by atoms with Crippen LogP contribution < -0.4 is 4.90 Å². The first-order valence-electron chi connectivity index (χ1n) is 6.42. The van der Waals surface area contributed by atoms with Crippen LogP contribution in [0.25, 0.3) is 0 Å². The molecule has 3 rings (SSSR count). The standard InChI is InChI=1S/C13H17N3O2/c17-13(18)10-3-4-12(14-8-10)16-7-6-15-5-1-2-11(15)9-16/h3-4,8,11H,1-2,5-7,9H2,(H,17,18)/t11-/m1/s1. The number of carbonyl (C=O) groups is 1. The van der Waals surface area contributed by atoms with Crippen LogP contribution in [0, 0.1) is 0 Å². The van der Waals surface area contributed by atoms with E-state index in [1.165, 1.54) is 25.6 Å². The molecule has 1 atom stereocenters. The molecule has 0 amide bonds. The molecule has 18 heavy (non-hydrogen) atoms. The van der Waals surface area contributed by atoms with Gasteiger partial charge in [0.2, 0.25) is 0 Å². The third kappa shape index (κ3) is 2.06. The molecule has 0 aliphatic carbocycles. The second kappa shape index (κ2) is 4.57. The van der Waals surface area contributed by atoms with Gasteiger partial charge in [-0.1, -0.05) is 0 Å². The van der Waals surface area contributed by atoms with Crippen LogP contribution in [-0.2, 0) is 0 Å². The number of carboxylic acids is 1. The fourth-order valence-electron chi connectivity index (χ4n) is 2.90. The summed E-state index contributed by atoms with van der Waals surface area (Å²) >= 11 is 0. The molecule has 2 fully saturated rings. The molecule has 0 bridgehead atoms. The fraction of sp³-hybridized carbons (Fsp3) is 0.538. The van der Waals surface area contributed by atoms with Gasteiger partial charge < -0.3 is 10.0 Å². The number of piperazine rings is 1. The Balaban J connectivity index is 1.73. The molecule has 0 spiro atoms. The van der Waals surface area contributed by atoms with Crippen LogP contribution >= 0.6 is 0 Å². The number of nitrogens with zero attached hydrogens (tertiary/aromatic N) is 3. The van der Waals surface area contributed by atoms with E-state index in [1.54, 1.807) is 6.07 Å². The molecule has 2 aliphatic heterocycles. The lowest BCUT2D eigenvalue weighted by molar-refractivity contribution is 0.0696. The Bertz CT molecular complexity index is 446. The summed E-state index contributed by atoms with van der Waals surface area (Å²) < 4.78 is 0. The van der Waals surface area contributed by atoms with E-state index in [1.807, 2.05) is 6.07 Å². The molecule has 96 valence electrons.